The number of hydrogen-bond acceptors (Lipinski definition) is 1. The second-order valence-electron chi connectivity index (χ2n) is 3.85. The molecule has 0 heterocycles. The smallest absolute Gasteiger partial charge is 0.0641 e. The van der Waals surface area contributed by atoms with E-state index < -0.39 is 0 Å². The lowest BCUT2D eigenvalue weighted by Crippen LogP contribution is -2.27. The van der Waals surface area contributed by atoms with Crippen LogP contribution in [0.3, 0.4) is 0 Å². The first-order chi connectivity index (χ1) is 6.66. The summed E-state index contributed by atoms with van der Waals surface area (Å²) in [6, 6.07) is 4.41. The van der Waals surface area contributed by atoms with E-state index in [4.69, 9.17) is 23.2 Å². The fourth-order valence-electron chi connectivity index (χ4n) is 1.53. The largest absolute Gasteiger partial charge is 0.381 e. The van der Waals surface area contributed by atoms with Crippen LogP contribution in [0.5, 0.6) is 0 Å². The number of benzene rings is 1. The summed E-state index contributed by atoms with van der Waals surface area (Å²) in [5, 5.41) is 4.94. The van der Waals surface area contributed by atoms with Gasteiger partial charge in [0.2, 0.25) is 0 Å². The average Bonchev–Trinajstić information content (AvgIpc) is 2.06. The Morgan fingerprint density at radius 3 is 2.50 bits per heavy atom. The first-order valence-electron chi connectivity index (χ1n) is 4.89. The maximum atomic E-state index is 6.11. The highest BCUT2D eigenvalue weighted by atomic mass is 35.5. The highest BCUT2D eigenvalue weighted by molar-refractivity contribution is 6.35. The first kappa shape index (κ1) is 10.1. The number of rotatable bonds is 2. The van der Waals surface area contributed by atoms with Gasteiger partial charge in [-0.25, -0.2) is 0 Å². The molecule has 0 saturated heterocycles. The minimum atomic E-state index is 0.589. The predicted molar refractivity (Wildman–Crippen MR) is 62.5 cm³/mol. The van der Waals surface area contributed by atoms with Crippen molar-refractivity contribution in [2.24, 2.45) is 0 Å². The lowest BCUT2D eigenvalue weighted by molar-refractivity contribution is 0.445. The molecule has 0 unspecified atom stereocenters. The topological polar surface area (TPSA) is 12.0 Å². The summed E-state index contributed by atoms with van der Waals surface area (Å²) in [6.45, 7) is 1.96. The second-order valence-corrected chi connectivity index (χ2v) is 4.67. The van der Waals surface area contributed by atoms with Gasteiger partial charge in [-0.3, -0.25) is 0 Å². The zero-order valence-electron chi connectivity index (χ0n) is 8.11. The van der Waals surface area contributed by atoms with Gasteiger partial charge in [0.15, 0.2) is 0 Å². The molecule has 76 valence electrons. The molecule has 14 heavy (non-hydrogen) atoms. The fraction of sp³-hybridized carbons (Fsp3) is 0.455. The fourth-order valence-corrected chi connectivity index (χ4v) is 1.97. The van der Waals surface area contributed by atoms with Gasteiger partial charge in [0.05, 0.1) is 10.7 Å². The Bertz CT molecular complexity index is 345. The predicted octanol–water partition coefficient (Wildman–Crippen LogP) is 4.27. The molecule has 1 aliphatic carbocycles. The maximum absolute atomic E-state index is 6.11. The Balaban J connectivity index is 2.19. The van der Waals surface area contributed by atoms with Crippen LogP contribution in [-0.4, -0.2) is 6.04 Å². The van der Waals surface area contributed by atoms with Crippen LogP contribution in [0.1, 0.15) is 24.8 Å². The van der Waals surface area contributed by atoms with Crippen LogP contribution < -0.4 is 5.32 Å². The van der Waals surface area contributed by atoms with Crippen LogP contribution in [-0.2, 0) is 0 Å². The van der Waals surface area contributed by atoms with Gasteiger partial charge in [-0.2, -0.15) is 0 Å². The van der Waals surface area contributed by atoms with Gasteiger partial charge in [0.25, 0.3) is 0 Å². The van der Waals surface area contributed by atoms with E-state index in [0.717, 1.165) is 21.3 Å². The Morgan fingerprint density at radius 1 is 1.21 bits per heavy atom. The lowest BCUT2D eigenvalue weighted by Gasteiger charge is -2.28. The standard InChI is InChI=1S/C11H13Cl2N/c1-7-5-10(13)11(6-9(7)12)14-8-3-2-4-8/h5-6,8,14H,2-4H2,1H3. The van der Waals surface area contributed by atoms with Gasteiger partial charge in [-0.15, -0.1) is 0 Å². The van der Waals surface area contributed by atoms with Gasteiger partial charge >= 0.3 is 0 Å². The number of hydrogen-bond donors (Lipinski definition) is 1. The van der Waals surface area contributed by atoms with E-state index >= 15 is 0 Å². The van der Waals surface area contributed by atoms with Crippen molar-refractivity contribution in [2.75, 3.05) is 5.32 Å². The normalized spacial score (nSPS) is 16.5. The van der Waals surface area contributed by atoms with E-state index in [9.17, 15) is 0 Å². The van der Waals surface area contributed by atoms with Crippen LogP contribution in [0.25, 0.3) is 0 Å². The van der Waals surface area contributed by atoms with Crippen LogP contribution in [0.2, 0.25) is 10.0 Å². The van der Waals surface area contributed by atoms with Crippen molar-refractivity contribution in [1.29, 1.82) is 0 Å². The van der Waals surface area contributed by atoms with E-state index in [-0.39, 0.29) is 0 Å². The number of nitrogens with one attached hydrogen (secondary N) is 1. The van der Waals surface area contributed by atoms with Crippen molar-refractivity contribution in [3.05, 3.63) is 27.7 Å². The average molecular weight is 230 g/mol. The van der Waals surface area contributed by atoms with Gasteiger partial charge in [0, 0.05) is 11.1 Å². The third-order valence-electron chi connectivity index (χ3n) is 2.71. The second kappa shape index (κ2) is 4.00. The molecule has 1 nitrogen and oxygen atoms in total. The molecule has 1 aliphatic rings. The molecule has 1 fully saturated rings. The minimum Gasteiger partial charge on any atom is -0.381 e. The molecule has 1 aromatic carbocycles. The van der Waals surface area contributed by atoms with E-state index in [1.54, 1.807) is 0 Å². The number of anilines is 1. The quantitative estimate of drug-likeness (QED) is 0.800. The maximum Gasteiger partial charge on any atom is 0.0641 e. The Hall–Kier alpha value is -0.400. The summed E-state index contributed by atoms with van der Waals surface area (Å²) >= 11 is 12.1. The zero-order valence-corrected chi connectivity index (χ0v) is 9.62. The molecule has 2 rings (SSSR count). The molecular weight excluding hydrogens is 217 g/mol. The van der Waals surface area contributed by atoms with Crippen LogP contribution in [0, 0.1) is 6.92 Å². The third kappa shape index (κ3) is 1.99. The number of aryl methyl sites for hydroxylation is 1. The van der Waals surface area contributed by atoms with Crippen LogP contribution in [0.4, 0.5) is 5.69 Å². The molecule has 0 atom stereocenters. The summed E-state index contributed by atoms with van der Waals surface area (Å²) in [6.07, 6.45) is 3.79. The molecular formula is C11H13Cl2N. The summed E-state index contributed by atoms with van der Waals surface area (Å²) in [5.41, 5.74) is 1.99. The molecule has 0 aromatic heterocycles. The molecule has 1 saturated carbocycles. The van der Waals surface area contributed by atoms with Crippen molar-refractivity contribution >= 4 is 28.9 Å². The highest BCUT2D eigenvalue weighted by Crippen LogP contribution is 2.32. The van der Waals surface area contributed by atoms with Crippen molar-refractivity contribution in [3.63, 3.8) is 0 Å². The van der Waals surface area contributed by atoms with Crippen molar-refractivity contribution in [1.82, 2.24) is 0 Å². The van der Waals surface area contributed by atoms with Crippen molar-refractivity contribution in [2.45, 2.75) is 32.2 Å². The van der Waals surface area contributed by atoms with Crippen molar-refractivity contribution in [3.8, 4) is 0 Å². The Labute approximate surface area is 94.4 Å². The van der Waals surface area contributed by atoms with E-state index in [1.807, 2.05) is 19.1 Å². The van der Waals surface area contributed by atoms with Crippen molar-refractivity contribution < 1.29 is 0 Å². The molecule has 0 amide bonds. The number of halogens is 2. The van der Waals surface area contributed by atoms with Gasteiger partial charge < -0.3 is 5.32 Å². The zero-order chi connectivity index (χ0) is 10.1. The summed E-state index contributed by atoms with van der Waals surface area (Å²) in [7, 11) is 0. The SMILES string of the molecule is Cc1cc(Cl)c(NC2CCC2)cc1Cl. The third-order valence-corrected chi connectivity index (χ3v) is 3.43. The molecule has 0 bridgehead atoms. The molecule has 3 heteroatoms. The van der Waals surface area contributed by atoms with Gasteiger partial charge in [-0.05, 0) is 43.9 Å². The monoisotopic (exact) mass is 229 g/mol. The van der Waals surface area contributed by atoms with E-state index in [0.29, 0.717) is 6.04 Å². The Morgan fingerprint density at radius 2 is 1.93 bits per heavy atom. The molecule has 0 radical (unpaired) electrons. The van der Waals surface area contributed by atoms with Gasteiger partial charge in [-0.1, -0.05) is 23.2 Å². The molecule has 1 aromatic rings. The lowest BCUT2D eigenvalue weighted by atomic mass is 9.93. The summed E-state index contributed by atoms with van der Waals surface area (Å²) < 4.78 is 0. The highest BCUT2D eigenvalue weighted by Gasteiger charge is 2.18. The Kier molecular flexibility index (Phi) is 2.89. The summed E-state index contributed by atoms with van der Waals surface area (Å²) in [4.78, 5) is 0. The van der Waals surface area contributed by atoms with E-state index in [2.05, 4.69) is 5.32 Å². The van der Waals surface area contributed by atoms with Gasteiger partial charge in [0.1, 0.15) is 0 Å². The van der Waals surface area contributed by atoms with Crippen LogP contribution in [0.15, 0.2) is 12.1 Å². The molecule has 0 aliphatic heterocycles. The molecule has 1 N–H and O–H groups in total. The molecule has 0 spiro atoms. The minimum absolute atomic E-state index is 0.589. The van der Waals surface area contributed by atoms with E-state index in [1.165, 1.54) is 19.3 Å². The first-order valence-corrected chi connectivity index (χ1v) is 5.64. The van der Waals surface area contributed by atoms with Crippen LogP contribution >= 0.6 is 23.2 Å². The summed E-state index contributed by atoms with van der Waals surface area (Å²) in [5.74, 6) is 0.